The Morgan fingerprint density at radius 1 is 1.07 bits per heavy atom. The van der Waals surface area contributed by atoms with Gasteiger partial charge in [-0.2, -0.15) is 9.37 Å². The van der Waals surface area contributed by atoms with E-state index in [1.165, 1.54) is 12.1 Å². The minimum Gasteiger partial charge on any atom is -0.457 e. The smallest absolute Gasteiger partial charge is 0.433 e. The Kier molecular flexibility index (Phi) is 4.66. The van der Waals surface area contributed by atoms with Crippen molar-refractivity contribution in [1.29, 1.82) is 0 Å². The number of ether oxygens (including phenoxy) is 1. The van der Waals surface area contributed by atoms with Gasteiger partial charge in [0, 0.05) is 0 Å². The maximum Gasteiger partial charge on any atom is 0.433 e. The number of nitrogens with one attached hydrogen (secondary N) is 1. The van der Waals surface area contributed by atoms with E-state index < -0.39 is 33.0 Å². The minimum atomic E-state index is -1.20. The second-order valence-electron chi connectivity index (χ2n) is 5.09. The van der Waals surface area contributed by atoms with E-state index in [9.17, 15) is 29.4 Å². The van der Waals surface area contributed by atoms with E-state index in [1.54, 1.807) is 0 Å². The van der Waals surface area contributed by atoms with E-state index in [0.29, 0.717) is 0 Å². The summed E-state index contributed by atoms with van der Waals surface area (Å²) in [5.74, 6) is -2.13. The van der Waals surface area contributed by atoms with Gasteiger partial charge in [-0.3, -0.25) is 30.0 Å². The number of aromatic amines is 1. The quantitative estimate of drug-likeness (QED) is 0.476. The van der Waals surface area contributed by atoms with E-state index >= 15 is 0 Å². The van der Waals surface area contributed by atoms with Crippen molar-refractivity contribution < 1.29 is 27.8 Å². The van der Waals surface area contributed by atoms with Crippen LogP contribution in [0.5, 0.6) is 6.01 Å². The Morgan fingerprint density at radius 2 is 1.67 bits per heavy atom. The SMILES string of the molecule is O=c1[nH]c(OCc2ccc([N+](=O)[O-])o2)nc(Cc2ccc([N+](=O)[O-])o2)c1F. The number of nitro groups is 2. The van der Waals surface area contributed by atoms with Crippen molar-refractivity contribution in [2.45, 2.75) is 13.0 Å². The largest absolute Gasteiger partial charge is 0.457 e. The first-order valence-electron chi connectivity index (χ1n) is 7.21. The molecule has 3 rings (SSSR count). The lowest BCUT2D eigenvalue weighted by molar-refractivity contribution is -0.402. The molecule has 0 fully saturated rings. The van der Waals surface area contributed by atoms with Crippen molar-refractivity contribution in [3.05, 3.63) is 77.9 Å². The predicted molar refractivity (Wildman–Crippen MR) is 82.7 cm³/mol. The summed E-state index contributed by atoms with van der Waals surface area (Å²) in [5, 5.41) is 21.2. The molecule has 12 nitrogen and oxygen atoms in total. The monoisotopic (exact) mass is 380 g/mol. The number of halogens is 1. The highest BCUT2D eigenvalue weighted by Crippen LogP contribution is 2.20. The minimum absolute atomic E-state index is 0.0197. The number of H-pyrrole nitrogens is 1. The van der Waals surface area contributed by atoms with Crippen LogP contribution in [0.15, 0.2) is 37.9 Å². The van der Waals surface area contributed by atoms with Gasteiger partial charge in [0.05, 0.1) is 24.2 Å². The number of aromatic nitrogens is 2. The molecule has 0 amide bonds. The Balaban J connectivity index is 1.77. The first-order chi connectivity index (χ1) is 12.8. The van der Waals surface area contributed by atoms with Crippen molar-refractivity contribution in [3.63, 3.8) is 0 Å². The van der Waals surface area contributed by atoms with E-state index in [-0.39, 0.29) is 36.3 Å². The van der Waals surface area contributed by atoms with Gasteiger partial charge in [0.2, 0.25) is 5.82 Å². The van der Waals surface area contributed by atoms with E-state index in [4.69, 9.17) is 13.6 Å². The summed E-state index contributed by atoms with van der Waals surface area (Å²) in [7, 11) is 0. The van der Waals surface area contributed by atoms with E-state index in [2.05, 4.69) is 4.98 Å². The highest BCUT2D eigenvalue weighted by molar-refractivity contribution is 5.22. The van der Waals surface area contributed by atoms with Gasteiger partial charge in [-0.15, -0.1) is 0 Å². The fraction of sp³-hybridized carbons (Fsp3) is 0.143. The third-order valence-corrected chi connectivity index (χ3v) is 3.26. The van der Waals surface area contributed by atoms with Crippen LogP contribution in [0.1, 0.15) is 17.2 Å². The average Bonchev–Trinajstić information content (AvgIpc) is 3.26. The Hall–Kier alpha value is -4.03. The second-order valence-corrected chi connectivity index (χ2v) is 5.09. The summed E-state index contributed by atoms with van der Waals surface area (Å²) in [6.45, 7) is -0.311. The molecule has 1 N–H and O–H groups in total. The Morgan fingerprint density at radius 3 is 2.26 bits per heavy atom. The van der Waals surface area contributed by atoms with Crippen LogP contribution in [0.2, 0.25) is 0 Å². The molecule has 0 aliphatic carbocycles. The summed E-state index contributed by atoms with van der Waals surface area (Å²) in [6, 6.07) is 4.39. The topological polar surface area (TPSA) is 168 Å². The lowest BCUT2D eigenvalue weighted by Crippen LogP contribution is -2.18. The number of furan rings is 2. The van der Waals surface area contributed by atoms with E-state index in [0.717, 1.165) is 12.1 Å². The highest BCUT2D eigenvalue weighted by Gasteiger charge is 2.18. The van der Waals surface area contributed by atoms with Crippen LogP contribution in [-0.2, 0) is 13.0 Å². The lowest BCUT2D eigenvalue weighted by Gasteiger charge is -2.05. The Labute approximate surface area is 147 Å². The van der Waals surface area contributed by atoms with Crippen molar-refractivity contribution in [1.82, 2.24) is 9.97 Å². The van der Waals surface area contributed by atoms with Gasteiger partial charge in [0.15, 0.2) is 0 Å². The Bertz CT molecular complexity index is 1070. The molecule has 27 heavy (non-hydrogen) atoms. The molecule has 0 bridgehead atoms. The zero-order chi connectivity index (χ0) is 19.6. The molecule has 0 saturated heterocycles. The highest BCUT2D eigenvalue weighted by atomic mass is 19.1. The molecule has 0 atom stereocenters. The molecule has 3 aromatic heterocycles. The molecule has 0 aromatic carbocycles. The zero-order valence-corrected chi connectivity index (χ0v) is 13.2. The van der Waals surface area contributed by atoms with Gasteiger partial charge < -0.3 is 13.6 Å². The maximum atomic E-state index is 14.0. The maximum absolute atomic E-state index is 14.0. The van der Waals surface area contributed by atoms with Crippen LogP contribution in [-0.4, -0.2) is 19.8 Å². The number of nitrogens with zero attached hydrogens (tertiary/aromatic N) is 3. The fourth-order valence-electron chi connectivity index (χ4n) is 2.07. The van der Waals surface area contributed by atoms with Crippen molar-refractivity contribution >= 4 is 11.8 Å². The molecule has 0 unspecified atom stereocenters. The standard InChI is InChI=1S/C14H9FN4O8/c15-12-9(5-7-1-3-10(26-7)18(21)22)16-14(17-13(12)20)25-6-8-2-4-11(27-8)19(23)24/h1-4H,5-6H2,(H,16,17,20). The van der Waals surface area contributed by atoms with Gasteiger partial charge in [0.25, 0.3) is 11.6 Å². The van der Waals surface area contributed by atoms with Gasteiger partial charge in [0.1, 0.15) is 28.0 Å². The van der Waals surface area contributed by atoms with Gasteiger partial charge in [-0.25, -0.2) is 0 Å². The van der Waals surface area contributed by atoms with Crippen molar-refractivity contribution in [2.75, 3.05) is 0 Å². The molecular formula is C14H9FN4O8. The molecule has 3 heterocycles. The van der Waals surface area contributed by atoms with Crippen LogP contribution in [0.4, 0.5) is 16.2 Å². The van der Waals surface area contributed by atoms with Crippen LogP contribution >= 0.6 is 0 Å². The molecule has 3 aromatic rings. The lowest BCUT2D eigenvalue weighted by atomic mass is 10.2. The predicted octanol–water partition coefficient (Wildman–Crippen LogP) is 2.08. The normalized spacial score (nSPS) is 10.7. The summed E-state index contributed by atoms with van der Waals surface area (Å²) >= 11 is 0. The number of hydrogen-bond donors (Lipinski definition) is 1. The van der Waals surface area contributed by atoms with Gasteiger partial charge >= 0.3 is 11.8 Å². The van der Waals surface area contributed by atoms with Crippen molar-refractivity contribution in [3.8, 4) is 6.01 Å². The average molecular weight is 380 g/mol. The molecular weight excluding hydrogens is 371 g/mol. The molecule has 0 radical (unpaired) electrons. The third kappa shape index (κ3) is 3.97. The van der Waals surface area contributed by atoms with Crippen LogP contribution < -0.4 is 10.3 Å². The second kappa shape index (κ2) is 7.07. The van der Waals surface area contributed by atoms with Crippen molar-refractivity contribution in [2.24, 2.45) is 0 Å². The third-order valence-electron chi connectivity index (χ3n) is 3.26. The molecule has 140 valence electrons. The summed E-state index contributed by atoms with van der Waals surface area (Å²) in [6.07, 6.45) is -0.327. The fourth-order valence-corrected chi connectivity index (χ4v) is 2.07. The van der Waals surface area contributed by atoms with Crippen LogP contribution in [0.3, 0.4) is 0 Å². The molecule has 0 spiro atoms. The number of hydrogen-bond acceptors (Lipinski definition) is 9. The number of rotatable bonds is 7. The zero-order valence-electron chi connectivity index (χ0n) is 13.2. The molecule has 0 aliphatic heterocycles. The first-order valence-corrected chi connectivity index (χ1v) is 7.21. The summed E-state index contributed by atoms with van der Waals surface area (Å²) < 4.78 is 28.9. The van der Waals surface area contributed by atoms with Gasteiger partial charge in [-0.05, 0) is 12.1 Å². The van der Waals surface area contributed by atoms with Crippen LogP contribution in [0, 0.1) is 26.0 Å². The molecule has 0 saturated carbocycles. The van der Waals surface area contributed by atoms with Gasteiger partial charge in [-0.1, -0.05) is 0 Å². The first kappa shape index (κ1) is 17.8. The molecule has 0 aliphatic rings. The molecule has 13 heteroatoms. The van der Waals surface area contributed by atoms with E-state index in [1.807, 2.05) is 4.98 Å². The summed E-state index contributed by atoms with van der Waals surface area (Å²) in [4.78, 5) is 37.2. The van der Waals surface area contributed by atoms with Crippen LogP contribution in [0.25, 0.3) is 0 Å². The summed E-state index contributed by atoms with van der Waals surface area (Å²) in [5.41, 5.74) is -1.48.